The molecule has 1 fully saturated rings. The lowest BCUT2D eigenvalue weighted by Gasteiger charge is -2.29. The van der Waals surface area contributed by atoms with Crippen molar-refractivity contribution in [1.82, 2.24) is 14.9 Å². The largest absolute Gasteiger partial charge is 0.333 e. The lowest BCUT2D eigenvalue weighted by Crippen LogP contribution is -2.39. The molecule has 0 bridgehead atoms. The van der Waals surface area contributed by atoms with Crippen LogP contribution >= 0.6 is 0 Å². The van der Waals surface area contributed by atoms with Gasteiger partial charge in [-0.3, -0.25) is 0 Å². The first-order chi connectivity index (χ1) is 9.12. The monoisotopic (exact) mass is 260 g/mol. The van der Waals surface area contributed by atoms with E-state index in [4.69, 9.17) is 5.26 Å². The SMILES string of the molecule is CC(C)(CCC#N)CNC1CCCC1n1ccnc1. The Bertz CT molecular complexity index is 416. The fraction of sp³-hybridized carbons (Fsp3) is 0.733. The molecular formula is C15H24N4. The third kappa shape index (κ3) is 3.81. The second-order valence-corrected chi connectivity index (χ2v) is 6.32. The number of rotatable bonds is 6. The smallest absolute Gasteiger partial charge is 0.0949 e. The predicted molar refractivity (Wildman–Crippen MR) is 75.5 cm³/mol. The Balaban J connectivity index is 1.87. The molecule has 0 aliphatic heterocycles. The lowest BCUT2D eigenvalue weighted by atomic mass is 9.87. The van der Waals surface area contributed by atoms with E-state index in [2.05, 4.69) is 41.0 Å². The molecule has 4 nitrogen and oxygen atoms in total. The van der Waals surface area contributed by atoms with Crippen LogP contribution in [0.2, 0.25) is 0 Å². The molecule has 1 aromatic heterocycles. The molecule has 0 spiro atoms. The van der Waals surface area contributed by atoms with E-state index >= 15 is 0 Å². The molecule has 19 heavy (non-hydrogen) atoms. The highest BCUT2D eigenvalue weighted by molar-refractivity contribution is 4.92. The standard InChI is InChI=1S/C15H24N4/c1-15(2,7-4-8-16)11-18-13-5-3-6-14(13)19-10-9-17-12-19/h9-10,12-14,18H,3-7,11H2,1-2H3. The molecule has 0 radical (unpaired) electrons. The quantitative estimate of drug-likeness (QED) is 0.855. The first-order valence-corrected chi connectivity index (χ1v) is 7.20. The van der Waals surface area contributed by atoms with Crippen LogP contribution in [0.15, 0.2) is 18.7 Å². The minimum atomic E-state index is 0.192. The van der Waals surface area contributed by atoms with Gasteiger partial charge in [-0.1, -0.05) is 13.8 Å². The Morgan fingerprint density at radius 3 is 3.00 bits per heavy atom. The Labute approximate surface area is 115 Å². The van der Waals surface area contributed by atoms with Gasteiger partial charge in [-0.15, -0.1) is 0 Å². The summed E-state index contributed by atoms with van der Waals surface area (Å²) < 4.78 is 2.23. The van der Waals surface area contributed by atoms with Gasteiger partial charge in [0, 0.05) is 37.4 Å². The Kier molecular flexibility index (Phi) is 4.60. The molecule has 1 N–H and O–H groups in total. The number of nitriles is 1. The predicted octanol–water partition coefficient (Wildman–Crippen LogP) is 2.90. The summed E-state index contributed by atoms with van der Waals surface area (Å²) in [6.07, 6.45) is 11.2. The number of hydrogen-bond donors (Lipinski definition) is 1. The highest BCUT2D eigenvalue weighted by Gasteiger charge is 2.29. The molecule has 2 unspecified atom stereocenters. The maximum Gasteiger partial charge on any atom is 0.0949 e. The molecule has 1 aliphatic carbocycles. The van der Waals surface area contributed by atoms with E-state index in [0.29, 0.717) is 18.5 Å². The second-order valence-electron chi connectivity index (χ2n) is 6.32. The van der Waals surface area contributed by atoms with Crippen LogP contribution in [0.3, 0.4) is 0 Å². The van der Waals surface area contributed by atoms with E-state index in [1.165, 1.54) is 19.3 Å². The molecule has 4 heteroatoms. The minimum Gasteiger partial charge on any atom is -0.333 e. The third-order valence-electron chi connectivity index (χ3n) is 4.14. The van der Waals surface area contributed by atoms with Crippen LogP contribution in [0, 0.1) is 16.7 Å². The summed E-state index contributed by atoms with van der Waals surface area (Å²) >= 11 is 0. The van der Waals surface area contributed by atoms with Gasteiger partial charge in [0.05, 0.1) is 12.4 Å². The average molecular weight is 260 g/mol. The molecule has 1 heterocycles. The van der Waals surface area contributed by atoms with E-state index in [0.717, 1.165) is 13.0 Å². The summed E-state index contributed by atoms with van der Waals surface area (Å²) in [6, 6.07) is 3.32. The summed E-state index contributed by atoms with van der Waals surface area (Å²) in [4.78, 5) is 4.15. The Morgan fingerprint density at radius 2 is 2.32 bits per heavy atom. The van der Waals surface area contributed by atoms with E-state index < -0.39 is 0 Å². The maximum absolute atomic E-state index is 8.70. The summed E-state index contributed by atoms with van der Waals surface area (Å²) in [5.74, 6) is 0. The fourth-order valence-electron chi connectivity index (χ4n) is 2.89. The van der Waals surface area contributed by atoms with Crippen molar-refractivity contribution in [1.29, 1.82) is 5.26 Å². The molecule has 104 valence electrons. The number of nitrogens with zero attached hydrogens (tertiary/aromatic N) is 3. The molecule has 2 rings (SSSR count). The van der Waals surface area contributed by atoms with Crippen molar-refractivity contribution in [3.05, 3.63) is 18.7 Å². The Hall–Kier alpha value is -1.34. The van der Waals surface area contributed by atoms with Crippen LogP contribution < -0.4 is 5.32 Å². The summed E-state index contributed by atoms with van der Waals surface area (Å²) in [7, 11) is 0. The van der Waals surface area contributed by atoms with E-state index in [-0.39, 0.29) is 5.41 Å². The first kappa shape index (κ1) is 14.1. The van der Waals surface area contributed by atoms with Gasteiger partial charge in [-0.05, 0) is 31.1 Å². The van der Waals surface area contributed by atoms with Gasteiger partial charge in [-0.2, -0.15) is 5.26 Å². The van der Waals surface area contributed by atoms with Crippen molar-refractivity contribution in [2.45, 2.75) is 58.0 Å². The Morgan fingerprint density at radius 1 is 1.47 bits per heavy atom. The van der Waals surface area contributed by atoms with Crippen LogP contribution in [0.5, 0.6) is 0 Å². The molecule has 0 amide bonds. The zero-order valence-electron chi connectivity index (χ0n) is 12.0. The molecule has 0 saturated heterocycles. The van der Waals surface area contributed by atoms with E-state index in [9.17, 15) is 0 Å². The van der Waals surface area contributed by atoms with Gasteiger partial charge in [0.2, 0.25) is 0 Å². The van der Waals surface area contributed by atoms with Gasteiger partial charge >= 0.3 is 0 Å². The summed E-state index contributed by atoms with van der Waals surface area (Å²) in [6.45, 7) is 5.45. The third-order valence-corrected chi connectivity index (χ3v) is 4.14. The highest BCUT2D eigenvalue weighted by Crippen LogP contribution is 2.31. The zero-order chi connectivity index (χ0) is 13.7. The second kappa shape index (κ2) is 6.21. The maximum atomic E-state index is 8.70. The van der Waals surface area contributed by atoms with Crippen LogP contribution in [0.4, 0.5) is 0 Å². The zero-order valence-corrected chi connectivity index (χ0v) is 12.0. The van der Waals surface area contributed by atoms with E-state index in [1.54, 1.807) is 0 Å². The van der Waals surface area contributed by atoms with Gasteiger partial charge < -0.3 is 9.88 Å². The van der Waals surface area contributed by atoms with Crippen molar-refractivity contribution < 1.29 is 0 Å². The van der Waals surface area contributed by atoms with E-state index in [1.807, 2.05) is 12.5 Å². The van der Waals surface area contributed by atoms with Crippen LogP contribution in [0.25, 0.3) is 0 Å². The van der Waals surface area contributed by atoms with Gasteiger partial charge in [0.15, 0.2) is 0 Å². The number of hydrogen-bond acceptors (Lipinski definition) is 3. The average Bonchev–Trinajstić information content (AvgIpc) is 3.04. The van der Waals surface area contributed by atoms with Gasteiger partial charge in [0.1, 0.15) is 0 Å². The van der Waals surface area contributed by atoms with Crippen molar-refractivity contribution >= 4 is 0 Å². The minimum absolute atomic E-state index is 0.192. The van der Waals surface area contributed by atoms with Gasteiger partial charge in [0.25, 0.3) is 0 Å². The molecule has 1 saturated carbocycles. The number of aromatic nitrogens is 2. The summed E-state index contributed by atoms with van der Waals surface area (Å²) in [5, 5.41) is 12.4. The van der Waals surface area contributed by atoms with Crippen molar-refractivity contribution in [3.63, 3.8) is 0 Å². The molecule has 0 aromatic carbocycles. The van der Waals surface area contributed by atoms with Crippen LogP contribution in [-0.4, -0.2) is 22.1 Å². The topological polar surface area (TPSA) is 53.6 Å². The molecule has 1 aliphatic rings. The first-order valence-electron chi connectivity index (χ1n) is 7.20. The fourth-order valence-corrected chi connectivity index (χ4v) is 2.89. The van der Waals surface area contributed by atoms with Crippen molar-refractivity contribution in [2.75, 3.05) is 6.54 Å². The number of imidazole rings is 1. The van der Waals surface area contributed by atoms with Crippen LogP contribution in [-0.2, 0) is 0 Å². The molecule has 1 aromatic rings. The van der Waals surface area contributed by atoms with Crippen molar-refractivity contribution in [3.8, 4) is 6.07 Å². The normalized spacial score (nSPS) is 23.4. The molecular weight excluding hydrogens is 236 g/mol. The van der Waals surface area contributed by atoms with Gasteiger partial charge in [-0.25, -0.2) is 4.98 Å². The van der Waals surface area contributed by atoms with Crippen molar-refractivity contribution in [2.24, 2.45) is 5.41 Å². The lowest BCUT2D eigenvalue weighted by molar-refractivity contribution is 0.280. The van der Waals surface area contributed by atoms with Crippen LogP contribution in [0.1, 0.15) is 52.0 Å². The molecule has 2 atom stereocenters. The highest BCUT2D eigenvalue weighted by atomic mass is 15.1. The number of nitrogens with one attached hydrogen (secondary N) is 1. The summed E-state index contributed by atoms with van der Waals surface area (Å²) in [5.41, 5.74) is 0.192.